The molecule has 2 nitrogen and oxygen atoms in total. The lowest BCUT2D eigenvalue weighted by molar-refractivity contribution is 0.143. The molecule has 106 valence electrons. The Labute approximate surface area is 118 Å². The highest BCUT2D eigenvalue weighted by atomic mass is 15.1. The summed E-state index contributed by atoms with van der Waals surface area (Å²) in [5.41, 5.74) is 8.87. The van der Waals surface area contributed by atoms with Crippen molar-refractivity contribution in [2.45, 2.75) is 51.6 Å². The van der Waals surface area contributed by atoms with Gasteiger partial charge in [0.1, 0.15) is 0 Å². The molecule has 1 aromatic rings. The Morgan fingerprint density at radius 2 is 1.89 bits per heavy atom. The van der Waals surface area contributed by atoms with E-state index in [4.69, 9.17) is 5.73 Å². The van der Waals surface area contributed by atoms with Crippen LogP contribution in [-0.2, 0) is 6.54 Å². The molecule has 2 N–H and O–H groups in total. The van der Waals surface area contributed by atoms with Gasteiger partial charge in [-0.1, -0.05) is 43.5 Å². The zero-order valence-corrected chi connectivity index (χ0v) is 12.4. The molecule has 1 saturated carbocycles. The van der Waals surface area contributed by atoms with Gasteiger partial charge < -0.3 is 5.73 Å². The number of nitrogens with zero attached hydrogens (tertiary/aromatic N) is 1. The standard InChI is InChI=1S/C17H28N2/c1-14-8-6-7-11-16(14)13-19(2)17(12-18)15-9-4-3-5-10-15/h6-8,11,15,17H,3-5,9-10,12-13,18H2,1-2H3. The van der Waals surface area contributed by atoms with Crippen molar-refractivity contribution in [1.29, 1.82) is 0 Å². The quantitative estimate of drug-likeness (QED) is 0.880. The summed E-state index contributed by atoms with van der Waals surface area (Å²) in [6.45, 7) is 4.00. The monoisotopic (exact) mass is 260 g/mol. The summed E-state index contributed by atoms with van der Waals surface area (Å²) in [5.74, 6) is 0.799. The fraction of sp³-hybridized carbons (Fsp3) is 0.647. The van der Waals surface area contributed by atoms with E-state index in [1.165, 1.54) is 43.2 Å². The molecule has 0 bridgehead atoms. The van der Waals surface area contributed by atoms with Gasteiger partial charge in [-0.15, -0.1) is 0 Å². The van der Waals surface area contributed by atoms with E-state index in [-0.39, 0.29) is 0 Å². The van der Waals surface area contributed by atoms with Crippen LogP contribution >= 0.6 is 0 Å². The van der Waals surface area contributed by atoms with Crippen LogP contribution in [0.15, 0.2) is 24.3 Å². The van der Waals surface area contributed by atoms with Crippen LogP contribution in [0.3, 0.4) is 0 Å². The van der Waals surface area contributed by atoms with Gasteiger partial charge in [-0.25, -0.2) is 0 Å². The Balaban J connectivity index is 2.00. The van der Waals surface area contributed by atoms with E-state index < -0.39 is 0 Å². The normalized spacial score (nSPS) is 18.7. The van der Waals surface area contributed by atoms with E-state index in [0.717, 1.165) is 19.0 Å². The van der Waals surface area contributed by atoms with Crippen LogP contribution in [0.5, 0.6) is 0 Å². The van der Waals surface area contributed by atoms with E-state index in [1.807, 2.05) is 0 Å². The maximum Gasteiger partial charge on any atom is 0.0247 e. The highest BCUT2D eigenvalue weighted by molar-refractivity contribution is 5.25. The molecule has 0 aromatic heterocycles. The first kappa shape index (κ1) is 14.5. The summed E-state index contributed by atoms with van der Waals surface area (Å²) >= 11 is 0. The van der Waals surface area contributed by atoms with Crippen LogP contribution in [0.1, 0.15) is 43.2 Å². The van der Waals surface area contributed by atoms with Crippen LogP contribution in [0.25, 0.3) is 0 Å². The van der Waals surface area contributed by atoms with Gasteiger partial charge in [0.15, 0.2) is 0 Å². The van der Waals surface area contributed by atoms with Gasteiger partial charge in [0.05, 0.1) is 0 Å². The Morgan fingerprint density at radius 3 is 2.53 bits per heavy atom. The maximum atomic E-state index is 6.05. The van der Waals surface area contributed by atoms with Crippen LogP contribution in [0.2, 0.25) is 0 Å². The smallest absolute Gasteiger partial charge is 0.0247 e. The van der Waals surface area contributed by atoms with Gasteiger partial charge in [0.25, 0.3) is 0 Å². The fourth-order valence-electron chi connectivity index (χ4n) is 3.42. The summed E-state index contributed by atoms with van der Waals surface area (Å²) in [7, 11) is 2.23. The molecule has 1 atom stereocenters. The Morgan fingerprint density at radius 1 is 1.21 bits per heavy atom. The van der Waals surface area contributed by atoms with Gasteiger partial charge in [0, 0.05) is 19.1 Å². The average Bonchev–Trinajstić information content (AvgIpc) is 2.43. The molecule has 0 heterocycles. The van der Waals surface area contributed by atoms with E-state index in [1.54, 1.807) is 0 Å². The minimum absolute atomic E-state index is 0.542. The zero-order valence-electron chi connectivity index (χ0n) is 12.4. The van der Waals surface area contributed by atoms with Gasteiger partial charge >= 0.3 is 0 Å². The lowest BCUT2D eigenvalue weighted by atomic mass is 9.83. The second-order valence-electron chi connectivity index (χ2n) is 6.04. The third-order valence-corrected chi connectivity index (χ3v) is 4.68. The zero-order chi connectivity index (χ0) is 13.7. The molecule has 0 amide bonds. The predicted octanol–water partition coefficient (Wildman–Crippen LogP) is 3.33. The number of hydrogen-bond donors (Lipinski definition) is 1. The molecule has 2 heteroatoms. The number of likely N-dealkylation sites (N-methyl/N-ethyl adjacent to an activating group) is 1. The highest BCUT2D eigenvalue weighted by Crippen LogP contribution is 2.29. The SMILES string of the molecule is Cc1ccccc1CN(C)C(CN)C1CCCCC1. The summed E-state index contributed by atoms with van der Waals surface area (Å²) in [6.07, 6.45) is 6.91. The van der Waals surface area contributed by atoms with E-state index in [9.17, 15) is 0 Å². The van der Waals surface area contributed by atoms with Crippen LogP contribution in [-0.4, -0.2) is 24.5 Å². The Hall–Kier alpha value is -0.860. The van der Waals surface area contributed by atoms with Crippen LogP contribution < -0.4 is 5.73 Å². The molecule has 19 heavy (non-hydrogen) atoms. The molecule has 1 fully saturated rings. The molecule has 0 saturated heterocycles. The van der Waals surface area contributed by atoms with Crippen molar-refractivity contribution in [2.75, 3.05) is 13.6 Å². The predicted molar refractivity (Wildman–Crippen MR) is 82.1 cm³/mol. The Bertz CT molecular complexity index is 383. The number of hydrogen-bond acceptors (Lipinski definition) is 2. The number of benzene rings is 1. The first-order chi connectivity index (χ1) is 9.22. The summed E-state index contributed by atoms with van der Waals surface area (Å²) < 4.78 is 0. The molecule has 1 aromatic carbocycles. The fourth-order valence-corrected chi connectivity index (χ4v) is 3.42. The van der Waals surface area contributed by atoms with E-state index in [2.05, 4.69) is 43.1 Å². The van der Waals surface area contributed by atoms with Crippen LogP contribution in [0.4, 0.5) is 0 Å². The minimum Gasteiger partial charge on any atom is -0.329 e. The van der Waals surface area contributed by atoms with Gasteiger partial charge in [0.2, 0.25) is 0 Å². The van der Waals surface area contributed by atoms with E-state index in [0.29, 0.717) is 6.04 Å². The number of aryl methyl sites for hydroxylation is 1. The molecular weight excluding hydrogens is 232 g/mol. The molecule has 1 aliphatic carbocycles. The van der Waals surface area contributed by atoms with E-state index >= 15 is 0 Å². The van der Waals surface area contributed by atoms with Gasteiger partial charge in [-0.2, -0.15) is 0 Å². The summed E-state index contributed by atoms with van der Waals surface area (Å²) in [6, 6.07) is 9.22. The van der Waals surface area contributed by atoms with Crippen LogP contribution in [0, 0.1) is 12.8 Å². The first-order valence-corrected chi connectivity index (χ1v) is 7.67. The third kappa shape index (κ3) is 3.80. The number of rotatable bonds is 5. The summed E-state index contributed by atoms with van der Waals surface area (Å²) in [5, 5.41) is 0. The minimum atomic E-state index is 0.542. The second-order valence-corrected chi connectivity index (χ2v) is 6.04. The second kappa shape index (κ2) is 7.06. The lowest BCUT2D eigenvalue weighted by Gasteiger charge is -2.36. The maximum absolute atomic E-state index is 6.05. The number of nitrogens with two attached hydrogens (primary N) is 1. The van der Waals surface area contributed by atoms with Crippen molar-refractivity contribution in [2.24, 2.45) is 11.7 Å². The topological polar surface area (TPSA) is 29.3 Å². The van der Waals surface area contributed by atoms with Gasteiger partial charge in [-0.05, 0) is 43.9 Å². The van der Waals surface area contributed by atoms with Crippen molar-refractivity contribution in [1.82, 2.24) is 4.90 Å². The molecular formula is C17H28N2. The van der Waals surface area contributed by atoms with Crippen molar-refractivity contribution in [3.8, 4) is 0 Å². The average molecular weight is 260 g/mol. The molecule has 2 rings (SSSR count). The van der Waals surface area contributed by atoms with Crippen molar-refractivity contribution in [3.05, 3.63) is 35.4 Å². The molecule has 0 radical (unpaired) electrons. The Kier molecular flexibility index (Phi) is 5.41. The highest BCUT2D eigenvalue weighted by Gasteiger charge is 2.25. The third-order valence-electron chi connectivity index (χ3n) is 4.68. The molecule has 0 spiro atoms. The van der Waals surface area contributed by atoms with Crippen molar-refractivity contribution < 1.29 is 0 Å². The molecule has 1 aliphatic rings. The van der Waals surface area contributed by atoms with Gasteiger partial charge in [-0.3, -0.25) is 4.90 Å². The molecule has 0 aliphatic heterocycles. The van der Waals surface area contributed by atoms with Crippen molar-refractivity contribution >= 4 is 0 Å². The summed E-state index contributed by atoms with van der Waals surface area (Å²) in [4.78, 5) is 2.47. The molecule has 1 unspecified atom stereocenters. The lowest BCUT2D eigenvalue weighted by Crippen LogP contribution is -2.43. The largest absolute Gasteiger partial charge is 0.329 e. The van der Waals surface area contributed by atoms with Crippen molar-refractivity contribution in [3.63, 3.8) is 0 Å². The first-order valence-electron chi connectivity index (χ1n) is 7.67.